The molecule has 0 unspecified atom stereocenters. The van der Waals surface area contributed by atoms with Gasteiger partial charge in [-0.1, -0.05) is 31.2 Å². The predicted octanol–water partition coefficient (Wildman–Crippen LogP) is 2.26. The first-order valence-electron chi connectivity index (χ1n) is 10.4. The Kier molecular flexibility index (Phi) is 7.93. The van der Waals surface area contributed by atoms with Crippen molar-refractivity contribution in [3.63, 3.8) is 0 Å². The van der Waals surface area contributed by atoms with Crippen LogP contribution in [0.5, 0.6) is 0 Å². The molecule has 0 radical (unpaired) electrons. The van der Waals surface area contributed by atoms with Crippen LogP contribution in [-0.4, -0.2) is 60.9 Å². The molecule has 0 aromatic heterocycles. The van der Waals surface area contributed by atoms with E-state index in [9.17, 15) is 14.0 Å². The van der Waals surface area contributed by atoms with Crippen molar-refractivity contribution in [2.75, 3.05) is 44.6 Å². The van der Waals surface area contributed by atoms with E-state index in [4.69, 9.17) is 0 Å². The standard InChI is InChI=1S/C23H29FN4O2/c1-2-18-5-9-21(10-6-18)26-23(30)22(29)25-11-12-27-13-15-28(16-14-27)17-19-3-7-20(24)8-4-19/h3-10H,2,11-17H2,1H3,(H,25,29)(H,26,30). The highest BCUT2D eigenvalue weighted by Crippen LogP contribution is 2.10. The molecule has 2 aromatic rings. The first-order chi connectivity index (χ1) is 14.5. The number of hydrogen-bond donors (Lipinski definition) is 2. The van der Waals surface area contributed by atoms with Crippen molar-refractivity contribution in [1.82, 2.24) is 15.1 Å². The lowest BCUT2D eigenvalue weighted by atomic mass is 10.1. The molecular weight excluding hydrogens is 383 g/mol. The van der Waals surface area contributed by atoms with Crippen molar-refractivity contribution in [2.45, 2.75) is 19.9 Å². The van der Waals surface area contributed by atoms with E-state index in [0.717, 1.165) is 44.7 Å². The number of nitrogens with one attached hydrogen (secondary N) is 2. The number of anilines is 1. The van der Waals surface area contributed by atoms with Crippen LogP contribution in [0.2, 0.25) is 0 Å². The molecule has 30 heavy (non-hydrogen) atoms. The topological polar surface area (TPSA) is 64.7 Å². The minimum Gasteiger partial charge on any atom is -0.347 e. The van der Waals surface area contributed by atoms with E-state index in [1.165, 1.54) is 17.7 Å². The zero-order valence-electron chi connectivity index (χ0n) is 17.4. The zero-order chi connectivity index (χ0) is 21.3. The van der Waals surface area contributed by atoms with Crippen molar-refractivity contribution in [2.24, 2.45) is 0 Å². The number of carbonyl (C=O) groups is 2. The highest BCUT2D eigenvalue weighted by molar-refractivity contribution is 6.39. The molecular formula is C23H29FN4O2. The van der Waals surface area contributed by atoms with Gasteiger partial charge in [0.05, 0.1) is 0 Å². The Labute approximate surface area is 177 Å². The molecule has 160 valence electrons. The lowest BCUT2D eigenvalue weighted by molar-refractivity contribution is -0.136. The fourth-order valence-corrected chi connectivity index (χ4v) is 3.44. The summed E-state index contributed by atoms with van der Waals surface area (Å²) in [5.74, 6) is -1.48. The smallest absolute Gasteiger partial charge is 0.313 e. The maximum absolute atomic E-state index is 13.0. The van der Waals surface area contributed by atoms with Gasteiger partial charge in [0, 0.05) is 51.5 Å². The maximum atomic E-state index is 13.0. The minimum absolute atomic E-state index is 0.214. The Balaban J connectivity index is 1.32. The second-order valence-corrected chi connectivity index (χ2v) is 7.50. The Bertz CT molecular complexity index is 831. The number of nitrogens with zero attached hydrogens (tertiary/aromatic N) is 2. The molecule has 0 spiro atoms. The number of aryl methyl sites for hydroxylation is 1. The molecule has 1 fully saturated rings. The molecule has 1 saturated heterocycles. The van der Waals surface area contributed by atoms with Gasteiger partial charge in [-0.15, -0.1) is 0 Å². The molecule has 2 N–H and O–H groups in total. The van der Waals surface area contributed by atoms with E-state index in [-0.39, 0.29) is 5.82 Å². The second-order valence-electron chi connectivity index (χ2n) is 7.50. The Morgan fingerprint density at radius 3 is 2.10 bits per heavy atom. The van der Waals surface area contributed by atoms with Crippen molar-refractivity contribution in [3.8, 4) is 0 Å². The summed E-state index contributed by atoms with van der Waals surface area (Å²) in [5.41, 5.74) is 2.90. The molecule has 1 heterocycles. The Morgan fingerprint density at radius 1 is 0.867 bits per heavy atom. The van der Waals surface area contributed by atoms with Gasteiger partial charge in [0.15, 0.2) is 0 Å². The van der Waals surface area contributed by atoms with Gasteiger partial charge in [-0.3, -0.25) is 19.4 Å². The van der Waals surface area contributed by atoms with E-state index in [1.807, 2.05) is 24.3 Å². The third-order valence-corrected chi connectivity index (χ3v) is 5.32. The number of carbonyl (C=O) groups excluding carboxylic acids is 2. The normalized spacial score (nSPS) is 15.0. The van der Waals surface area contributed by atoms with Gasteiger partial charge in [0.25, 0.3) is 0 Å². The highest BCUT2D eigenvalue weighted by atomic mass is 19.1. The summed E-state index contributed by atoms with van der Waals surface area (Å²) in [6, 6.07) is 14.1. The predicted molar refractivity (Wildman–Crippen MR) is 116 cm³/mol. The van der Waals surface area contributed by atoms with Crippen LogP contribution < -0.4 is 10.6 Å². The fraction of sp³-hybridized carbons (Fsp3) is 0.391. The number of rotatable bonds is 7. The zero-order valence-corrected chi connectivity index (χ0v) is 17.4. The van der Waals surface area contributed by atoms with Gasteiger partial charge in [0.2, 0.25) is 0 Å². The summed E-state index contributed by atoms with van der Waals surface area (Å²) in [7, 11) is 0. The molecule has 7 heteroatoms. The molecule has 0 aliphatic carbocycles. The summed E-state index contributed by atoms with van der Waals surface area (Å²) >= 11 is 0. The third-order valence-electron chi connectivity index (χ3n) is 5.32. The van der Waals surface area contributed by atoms with E-state index >= 15 is 0 Å². The monoisotopic (exact) mass is 412 g/mol. The first-order valence-corrected chi connectivity index (χ1v) is 10.4. The third kappa shape index (κ3) is 6.64. The molecule has 2 amide bonds. The van der Waals surface area contributed by atoms with Gasteiger partial charge < -0.3 is 10.6 Å². The van der Waals surface area contributed by atoms with Crippen molar-refractivity contribution >= 4 is 17.5 Å². The number of halogens is 1. The van der Waals surface area contributed by atoms with Gasteiger partial charge in [0.1, 0.15) is 5.82 Å². The van der Waals surface area contributed by atoms with Gasteiger partial charge in [-0.25, -0.2) is 4.39 Å². The molecule has 0 bridgehead atoms. The molecule has 0 saturated carbocycles. The summed E-state index contributed by atoms with van der Waals surface area (Å²) in [5, 5.41) is 5.31. The van der Waals surface area contributed by atoms with Crippen LogP contribution in [0.25, 0.3) is 0 Å². The van der Waals surface area contributed by atoms with Crippen LogP contribution in [0.1, 0.15) is 18.1 Å². The Hall–Kier alpha value is -2.77. The van der Waals surface area contributed by atoms with Gasteiger partial charge in [-0.05, 0) is 41.8 Å². The first kappa shape index (κ1) is 21.9. The Morgan fingerprint density at radius 2 is 1.47 bits per heavy atom. The van der Waals surface area contributed by atoms with E-state index < -0.39 is 11.8 Å². The van der Waals surface area contributed by atoms with Gasteiger partial charge >= 0.3 is 11.8 Å². The quantitative estimate of drug-likeness (QED) is 0.685. The number of piperazine rings is 1. The second kappa shape index (κ2) is 10.8. The van der Waals surface area contributed by atoms with E-state index in [1.54, 1.807) is 12.1 Å². The average Bonchev–Trinajstić information content (AvgIpc) is 2.77. The average molecular weight is 413 g/mol. The van der Waals surface area contributed by atoms with Gasteiger partial charge in [-0.2, -0.15) is 0 Å². The van der Waals surface area contributed by atoms with Crippen LogP contribution >= 0.6 is 0 Å². The van der Waals surface area contributed by atoms with Crippen molar-refractivity contribution < 1.29 is 14.0 Å². The summed E-state index contributed by atoms with van der Waals surface area (Å²) in [6.45, 7) is 7.63. The summed E-state index contributed by atoms with van der Waals surface area (Å²) in [4.78, 5) is 28.6. The van der Waals surface area contributed by atoms with Crippen LogP contribution in [0.4, 0.5) is 10.1 Å². The molecule has 1 aliphatic heterocycles. The van der Waals surface area contributed by atoms with Crippen molar-refractivity contribution in [1.29, 1.82) is 0 Å². The van der Waals surface area contributed by atoms with Crippen LogP contribution in [0.15, 0.2) is 48.5 Å². The lowest BCUT2D eigenvalue weighted by Crippen LogP contribution is -2.48. The molecule has 3 rings (SSSR count). The van der Waals surface area contributed by atoms with Crippen molar-refractivity contribution in [3.05, 3.63) is 65.5 Å². The summed E-state index contributed by atoms with van der Waals surface area (Å²) in [6.07, 6.45) is 0.926. The SMILES string of the molecule is CCc1ccc(NC(=O)C(=O)NCCN2CCN(Cc3ccc(F)cc3)CC2)cc1. The molecule has 2 aromatic carbocycles. The maximum Gasteiger partial charge on any atom is 0.313 e. The van der Waals surface area contributed by atoms with Crippen LogP contribution in [-0.2, 0) is 22.6 Å². The lowest BCUT2D eigenvalue weighted by Gasteiger charge is -2.34. The van der Waals surface area contributed by atoms with Crippen LogP contribution in [0, 0.1) is 5.82 Å². The largest absolute Gasteiger partial charge is 0.347 e. The number of amides is 2. The number of benzene rings is 2. The highest BCUT2D eigenvalue weighted by Gasteiger charge is 2.18. The minimum atomic E-state index is -0.650. The molecule has 6 nitrogen and oxygen atoms in total. The molecule has 1 aliphatic rings. The number of hydrogen-bond acceptors (Lipinski definition) is 4. The van der Waals surface area contributed by atoms with E-state index in [2.05, 4.69) is 27.4 Å². The van der Waals surface area contributed by atoms with Crippen LogP contribution in [0.3, 0.4) is 0 Å². The fourth-order valence-electron chi connectivity index (χ4n) is 3.44. The molecule has 0 atom stereocenters. The van der Waals surface area contributed by atoms with E-state index in [0.29, 0.717) is 18.8 Å². The summed E-state index contributed by atoms with van der Waals surface area (Å²) < 4.78 is 13.0.